The number of pyridine rings is 2. The zero-order valence-electron chi connectivity index (χ0n) is 12.1. The molecule has 0 saturated carbocycles. The van der Waals surface area contributed by atoms with Crippen LogP contribution in [-0.4, -0.2) is 27.5 Å². The van der Waals surface area contributed by atoms with E-state index in [0.29, 0.717) is 16.5 Å². The van der Waals surface area contributed by atoms with Gasteiger partial charge < -0.3 is 9.47 Å². The summed E-state index contributed by atoms with van der Waals surface area (Å²) in [6.45, 7) is 0. The van der Waals surface area contributed by atoms with Crippen LogP contribution in [-0.2, 0) is 10.8 Å². The van der Waals surface area contributed by atoms with E-state index in [2.05, 4.69) is 9.97 Å². The van der Waals surface area contributed by atoms with Crippen LogP contribution in [0.25, 0.3) is 10.9 Å². The van der Waals surface area contributed by atoms with E-state index in [1.165, 1.54) is 0 Å². The summed E-state index contributed by atoms with van der Waals surface area (Å²) in [6, 6.07) is 10.8. The Morgan fingerprint density at radius 2 is 1.86 bits per heavy atom. The van der Waals surface area contributed by atoms with Gasteiger partial charge in [0.2, 0.25) is 0 Å². The lowest BCUT2D eigenvalue weighted by Gasteiger charge is -2.09. The minimum Gasteiger partial charge on any atom is -0.497 e. The first-order chi connectivity index (χ1) is 10.7. The Balaban J connectivity index is 1.94. The SMILES string of the molecule is COc1ccc2c(Oc3ccc(S(C)=O)nc3)ccnc2c1. The van der Waals surface area contributed by atoms with Crippen LogP contribution in [0.15, 0.2) is 53.8 Å². The van der Waals surface area contributed by atoms with E-state index < -0.39 is 10.8 Å². The fourth-order valence-corrected chi connectivity index (χ4v) is 2.50. The molecular formula is C16H14N2O3S. The van der Waals surface area contributed by atoms with Crippen molar-refractivity contribution in [1.29, 1.82) is 0 Å². The smallest absolute Gasteiger partial charge is 0.145 e. The van der Waals surface area contributed by atoms with Crippen molar-refractivity contribution < 1.29 is 13.7 Å². The first kappa shape index (κ1) is 14.5. The minimum atomic E-state index is -1.10. The maximum absolute atomic E-state index is 11.3. The van der Waals surface area contributed by atoms with Crippen LogP contribution in [0.1, 0.15) is 0 Å². The highest BCUT2D eigenvalue weighted by Crippen LogP contribution is 2.30. The molecule has 0 saturated heterocycles. The first-order valence-corrected chi connectivity index (χ1v) is 8.13. The maximum atomic E-state index is 11.3. The monoisotopic (exact) mass is 314 g/mol. The molecule has 0 spiro atoms. The standard InChI is InChI=1S/C16H14N2O3S/c1-20-11-3-5-13-14(9-11)17-8-7-15(13)21-12-4-6-16(18-10-12)22(2)19/h3-10H,1-2H3. The number of benzene rings is 1. The molecule has 0 radical (unpaired) electrons. The van der Waals surface area contributed by atoms with Crippen molar-refractivity contribution >= 4 is 21.7 Å². The molecule has 0 bridgehead atoms. The van der Waals surface area contributed by atoms with E-state index in [-0.39, 0.29) is 0 Å². The Morgan fingerprint density at radius 3 is 2.55 bits per heavy atom. The van der Waals surface area contributed by atoms with Crippen molar-refractivity contribution in [3.63, 3.8) is 0 Å². The highest BCUT2D eigenvalue weighted by atomic mass is 32.2. The Morgan fingerprint density at radius 1 is 1.05 bits per heavy atom. The predicted octanol–water partition coefficient (Wildman–Crippen LogP) is 3.17. The molecule has 22 heavy (non-hydrogen) atoms. The van der Waals surface area contributed by atoms with Gasteiger partial charge in [-0.25, -0.2) is 4.98 Å². The van der Waals surface area contributed by atoms with Gasteiger partial charge >= 0.3 is 0 Å². The highest BCUT2D eigenvalue weighted by Gasteiger charge is 2.07. The summed E-state index contributed by atoms with van der Waals surface area (Å²) in [4.78, 5) is 8.43. The van der Waals surface area contributed by atoms with E-state index in [1.807, 2.05) is 18.2 Å². The summed E-state index contributed by atoms with van der Waals surface area (Å²) in [6.07, 6.45) is 4.83. The highest BCUT2D eigenvalue weighted by molar-refractivity contribution is 7.84. The average molecular weight is 314 g/mol. The lowest BCUT2D eigenvalue weighted by Crippen LogP contribution is -1.93. The molecule has 6 heteroatoms. The Kier molecular flexibility index (Phi) is 4.02. The number of nitrogens with zero attached hydrogens (tertiary/aromatic N) is 2. The summed E-state index contributed by atoms with van der Waals surface area (Å²) in [7, 11) is 0.517. The lowest BCUT2D eigenvalue weighted by molar-refractivity contribution is 0.415. The third-order valence-corrected chi connectivity index (χ3v) is 3.97. The molecule has 1 aromatic carbocycles. The average Bonchev–Trinajstić information content (AvgIpc) is 2.55. The van der Waals surface area contributed by atoms with E-state index in [1.54, 1.807) is 44.0 Å². The Hall–Kier alpha value is -2.47. The van der Waals surface area contributed by atoms with E-state index in [9.17, 15) is 4.21 Å². The molecule has 1 atom stereocenters. The van der Waals surface area contributed by atoms with Gasteiger partial charge in [-0.1, -0.05) is 0 Å². The molecule has 2 heterocycles. The van der Waals surface area contributed by atoms with Gasteiger partial charge in [-0.15, -0.1) is 0 Å². The Labute approximate surface area is 130 Å². The maximum Gasteiger partial charge on any atom is 0.145 e. The Bertz CT molecular complexity index is 834. The van der Waals surface area contributed by atoms with Crippen LogP contribution in [0.3, 0.4) is 0 Å². The van der Waals surface area contributed by atoms with Gasteiger partial charge in [0.15, 0.2) is 0 Å². The first-order valence-electron chi connectivity index (χ1n) is 6.57. The largest absolute Gasteiger partial charge is 0.497 e. The number of methoxy groups -OCH3 is 1. The molecule has 5 nitrogen and oxygen atoms in total. The topological polar surface area (TPSA) is 61.3 Å². The van der Waals surface area contributed by atoms with Crippen molar-refractivity contribution in [2.75, 3.05) is 13.4 Å². The second-order valence-electron chi connectivity index (χ2n) is 4.58. The second kappa shape index (κ2) is 6.11. The fraction of sp³-hybridized carbons (Fsp3) is 0.125. The van der Waals surface area contributed by atoms with E-state index in [4.69, 9.17) is 9.47 Å². The summed E-state index contributed by atoms with van der Waals surface area (Å²) in [5.74, 6) is 2.01. The van der Waals surface area contributed by atoms with Crippen molar-refractivity contribution in [3.8, 4) is 17.2 Å². The molecule has 3 aromatic rings. The molecule has 0 aliphatic rings. The van der Waals surface area contributed by atoms with Gasteiger partial charge in [-0.2, -0.15) is 0 Å². The molecule has 1 unspecified atom stereocenters. The number of rotatable bonds is 4. The third kappa shape index (κ3) is 2.92. The van der Waals surface area contributed by atoms with Crippen LogP contribution < -0.4 is 9.47 Å². The molecular weight excluding hydrogens is 300 g/mol. The van der Waals surface area contributed by atoms with Crippen molar-refractivity contribution in [3.05, 3.63) is 48.8 Å². The minimum absolute atomic E-state index is 0.525. The molecule has 0 fully saturated rings. The molecule has 0 N–H and O–H groups in total. The number of hydrogen-bond donors (Lipinski definition) is 0. The van der Waals surface area contributed by atoms with Crippen molar-refractivity contribution in [2.24, 2.45) is 0 Å². The summed E-state index contributed by atoms with van der Waals surface area (Å²) >= 11 is 0. The number of aromatic nitrogens is 2. The molecule has 3 rings (SSSR count). The normalized spacial score (nSPS) is 12.1. The van der Waals surface area contributed by atoms with E-state index >= 15 is 0 Å². The number of fused-ring (bicyclic) bond motifs is 1. The van der Waals surface area contributed by atoms with Gasteiger partial charge in [0.05, 0.1) is 29.6 Å². The van der Waals surface area contributed by atoms with Gasteiger partial charge in [-0.3, -0.25) is 9.19 Å². The van der Waals surface area contributed by atoms with Gasteiger partial charge in [-0.05, 0) is 30.3 Å². The van der Waals surface area contributed by atoms with Crippen LogP contribution in [0, 0.1) is 0 Å². The van der Waals surface area contributed by atoms with Gasteiger partial charge in [0.1, 0.15) is 22.3 Å². The van der Waals surface area contributed by atoms with Crippen LogP contribution >= 0.6 is 0 Å². The molecule has 112 valence electrons. The summed E-state index contributed by atoms with van der Waals surface area (Å²) in [5.41, 5.74) is 0.788. The molecule has 0 aliphatic heterocycles. The third-order valence-electron chi connectivity index (χ3n) is 3.14. The fourth-order valence-electron chi connectivity index (χ4n) is 2.04. The zero-order chi connectivity index (χ0) is 15.5. The molecule has 0 aliphatic carbocycles. The van der Waals surface area contributed by atoms with Crippen molar-refractivity contribution in [2.45, 2.75) is 5.03 Å². The van der Waals surface area contributed by atoms with Crippen LogP contribution in [0.4, 0.5) is 0 Å². The second-order valence-corrected chi connectivity index (χ2v) is 5.91. The van der Waals surface area contributed by atoms with Crippen LogP contribution in [0.5, 0.6) is 17.2 Å². The van der Waals surface area contributed by atoms with E-state index in [0.717, 1.165) is 16.7 Å². The van der Waals surface area contributed by atoms with Crippen molar-refractivity contribution in [1.82, 2.24) is 9.97 Å². The quantitative estimate of drug-likeness (QED) is 0.740. The lowest BCUT2D eigenvalue weighted by atomic mass is 10.2. The predicted molar refractivity (Wildman–Crippen MR) is 84.9 cm³/mol. The van der Waals surface area contributed by atoms with Crippen LogP contribution in [0.2, 0.25) is 0 Å². The van der Waals surface area contributed by atoms with Gasteiger partial charge in [0, 0.05) is 23.9 Å². The number of ether oxygens (including phenoxy) is 2. The molecule has 2 aromatic heterocycles. The summed E-state index contributed by atoms with van der Waals surface area (Å²) < 4.78 is 22.4. The number of hydrogen-bond acceptors (Lipinski definition) is 5. The zero-order valence-corrected chi connectivity index (χ0v) is 13.0. The summed E-state index contributed by atoms with van der Waals surface area (Å²) in [5, 5.41) is 1.41. The van der Waals surface area contributed by atoms with Gasteiger partial charge in [0.25, 0.3) is 0 Å². The molecule has 0 amide bonds.